The van der Waals surface area contributed by atoms with Gasteiger partial charge >= 0.3 is 0 Å². The molecule has 0 aliphatic heterocycles. The molecule has 0 radical (unpaired) electrons. The van der Waals surface area contributed by atoms with Crippen molar-refractivity contribution < 1.29 is 17.9 Å². The van der Waals surface area contributed by atoms with Crippen molar-refractivity contribution in [2.75, 3.05) is 47.8 Å². The Labute approximate surface area is 462 Å². The minimum Gasteiger partial charge on any atom is -0.493 e. The molecule has 0 amide bonds. The average molecular weight is 1050 g/mol. The molecule has 0 saturated carbocycles. The molecular weight excluding hydrogens is 979 g/mol. The van der Waals surface area contributed by atoms with Crippen molar-refractivity contribution in [3.05, 3.63) is 264 Å². The lowest BCUT2D eigenvalue weighted by atomic mass is 10.0. The number of para-hydroxylation sites is 4. The molecule has 8 heteroatoms. The lowest BCUT2D eigenvalue weighted by Crippen LogP contribution is -2.23. The molecule has 0 aromatic heterocycles. The molecular formula is C70H67N3O4S. The van der Waals surface area contributed by atoms with Gasteiger partial charge in [-0.1, -0.05) is 184 Å². The number of hydrogen-bond acceptors (Lipinski definition) is 7. The van der Waals surface area contributed by atoms with Gasteiger partial charge in [-0.25, -0.2) is 8.42 Å². The van der Waals surface area contributed by atoms with Gasteiger partial charge in [0.15, 0.2) is 9.84 Å². The van der Waals surface area contributed by atoms with E-state index in [2.05, 4.69) is 235 Å². The fourth-order valence-corrected chi connectivity index (χ4v) is 9.77. The van der Waals surface area contributed by atoms with Crippen LogP contribution in [0.2, 0.25) is 0 Å². The standard InChI is InChI=1S/C70H67N3O4S/c1-4-5-6-19-51-76-69-53-60(41-31-58-36-46-67(47-37-58)73(64-24-15-9-16-25-64)65-26-17-10-18-27-65)70(77-52-50-71(2)61-42-32-55(33-43-61)28-29-56-38-48-68(49-39-56)78(3,74)75)54-59(69)40-30-57-34-44-66(45-35-57)72(62-20-11-7-12-21-62)63-22-13-8-14-23-63/h7-18,20-49,53-54H,4-6,19,50-52H2,1-3H3/b29-28+,40-30+,41-31+. The van der Waals surface area contributed by atoms with Gasteiger partial charge in [0.1, 0.15) is 18.1 Å². The average Bonchev–Trinajstić information content (AvgIpc) is 3.49. The first kappa shape index (κ1) is 54.0. The van der Waals surface area contributed by atoms with E-state index in [1.54, 1.807) is 12.1 Å². The molecule has 0 fully saturated rings. The van der Waals surface area contributed by atoms with Crippen LogP contribution >= 0.6 is 0 Å². The Bertz CT molecular complexity index is 3420. The van der Waals surface area contributed by atoms with Gasteiger partial charge in [0.05, 0.1) is 18.0 Å². The monoisotopic (exact) mass is 1050 g/mol. The molecule has 7 nitrogen and oxygen atoms in total. The van der Waals surface area contributed by atoms with Crippen LogP contribution in [0.5, 0.6) is 11.5 Å². The Morgan fingerprint density at radius 3 is 1.09 bits per heavy atom. The summed E-state index contributed by atoms with van der Waals surface area (Å²) in [6.45, 7) is 3.92. The van der Waals surface area contributed by atoms with Crippen molar-refractivity contribution in [3.8, 4) is 11.5 Å². The zero-order valence-electron chi connectivity index (χ0n) is 44.7. The predicted molar refractivity (Wildman–Crippen MR) is 330 cm³/mol. The maximum atomic E-state index is 11.9. The molecule has 0 heterocycles. The maximum absolute atomic E-state index is 11.9. The molecule has 78 heavy (non-hydrogen) atoms. The zero-order chi connectivity index (χ0) is 53.9. The molecule has 0 aliphatic rings. The largest absolute Gasteiger partial charge is 0.493 e. The summed E-state index contributed by atoms with van der Waals surface area (Å²) in [6, 6.07) is 78.7. The van der Waals surface area contributed by atoms with E-state index < -0.39 is 9.84 Å². The van der Waals surface area contributed by atoms with Gasteiger partial charge < -0.3 is 24.2 Å². The van der Waals surface area contributed by atoms with Crippen molar-refractivity contribution in [3.63, 3.8) is 0 Å². The van der Waals surface area contributed by atoms with E-state index in [0.29, 0.717) is 24.7 Å². The topological polar surface area (TPSA) is 62.3 Å². The Hall–Kier alpha value is -8.85. The molecule has 0 bridgehead atoms. The van der Waals surface area contributed by atoms with E-state index in [4.69, 9.17) is 9.47 Å². The van der Waals surface area contributed by atoms with Crippen LogP contribution in [-0.2, 0) is 9.84 Å². The Morgan fingerprint density at radius 1 is 0.385 bits per heavy atom. The highest BCUT2D eigenvalue weighted by molar-refractivity contribution is 7.90. The van der Waals surface area contributed by atoms with E-state index in [1.807, 2.05) is 48.6 Å². The van der Waals surface area contributed by atoms with Crippen LogP contribution in [0.15, 0.2) is 235 Å². The summed E-state index contributed by atoms with van der Waals surface area (Å²) < 4.78 is 37.3. The number of benzene rings is 9. The number of nitrogens with zero attached hydrogens (tertiary/aromatic N) is 3. The first-order valence-corrected chi connectivity index (χ1v) is 28.7. The third-order valence-corrected chi connectivity index (χ3v) is 14.6. The van der Waals surface area contributed by atoms with Crippen molar-refractivity contribution in [2.24, 2.45) is 0 Å². The quantitative estimate of drug-likeness (QED) is 0.0441. The van der Waals surface area contributed by atoms with Crippen molar-refractivity contribution in [2.45, 2.75) is 37.5 Å². The predicted octanol–water partition coefficient (Wildman–Crippen LogP) is 18.0. The van der Waals surface area contributed by atoms with Gasteiger partial charge in [-0.05, 0) is 138 Å². The number of sulfone groups is 1. The van der Waals surface area contributed by atoms with Gasteiger partial charge in [0.2, 0.25) is 0 Å². The highest BCUT2D eigenvalue weighted by Gasteiger charge is 2.15. The van der Waals surface area contributed by atoms with Crippen molar-refractivity contribution >= 4 is 86.1 Å². The summed E-state index contributed by atoms with van der Waals surface area (Å²) in [5.41, 5.74) is 13.5. The van der Waals surface area contributed by atoms with Gasteiger partial charge in [-0.15, -0.1) is 0 Å². The van der Waals surface area contributed by atoms with E-state index in [-0.39, 0.29) is 0 Å². The van der Waals surface area contributed by atoms with E-state index in [0.717, 1.165) is 104 Å². The van der Waals surface area contributed by atoms with Crippen molar-refractivity contribution in [1.29, 1.82) is 0 Å². The summed E-state index contributed by atoms with van der Waals surface area (Å²) in [7, 11) is -1.17. The van der Waals surface area contributed by atoms with Crippen LogP contribution in [0.25, 0.3) is 36.5 Å². The molecule has 9 rings (SSSR count). The highest BCUT2D eigenvalue weighted by atomic mass is 32.2. The van der Waals surface area contributed by atoms with Crippen LogP contribution in [0.1, 0.15) is 66.0 Å². The highest BCUT2D eigenvalue weighted by Crippen LogP contribution is 2.37. The molecule has 0 unspecified atom stereocenters. The number of likely N-dealkylation sites (N-methyl/N-ethyl adjacent to an activating group) is 1. The summed E-state index contributed by atoms with van der Waals surface area (Å²) in [5, 5.41) is 0. The first-order chi connectivity index (χ1) is 38.2. The lowest BCUT2D eigenvalue weighted by molar-refractivity contribution is 0.301. The van der Waals surface area contributed by atoms with E-state index in [1.165, 1.54) is 12.7 Å². The van der Waals surface area contributed by atoms with Gasteiger partial charge in [-0.2, -0.15) is 0 Å². The van der Waals surface area contributed by atoms with Gasteiger partial charge in [0.25, 0.3) is 0 Å². The van der Waals surface area contributed by atoms with Gasteiger partial charge in [0, 0.05) is 64.2 Å². The van der Waals surface area contributed by atoms with E-state index in [9.17, 15) is 8.42 Å². The number of rotatable bonds is 24. The zero-order valence-corrected chi connectivity index (χ0v) is 45.6. The Balaban J connectivity index is 0.986. The number of anilines is 7. The van der Waals surface area contributed by atoms with Crippen LogP contribution < -0.4 is 24.2 Å². The first-order valence-electron chi connectivity index (χ1n) is 26.8. The van der Waals surface area contributed by atoms with E-state index >= 15 is 0 Å². The molecule has 0 atom stereocenters. The summed E-state index contributed by atoms with van der Waals surface area (Å²) >= 11 is 0. The third kappa shape index (κ3) is 14.7. The fourth-order valence-electron chi connectivity index (χ4n) is 9.14. The third-order valence-electron chi connectivity index (χ3n) is 13.5. The summed E-state index contributed by atoms with van der Waals surface area (Å²) in [6.07, 6.45) is 18.2. The second kappa shape index (κ2) is 26.8. The molecule has 9 aromatic rings. The molecule has 0 aliphatic carbocycles. The summed E-state index contributed by atoms with van der Waals surface area (Å²) in [4.78, 5) is 7.04. The molecule has 0 N–H and O–H groups in total. The number of ether oxygens (including phenoxy) is 2. The van der Waals surface area contributed by atoms with Crippen LogP contribution in [0.4, 0.5) is 39.8 Å². The van der Waals surface area contributed by atoms with Gasteiger partial charge in [-0.3, -0.25) is 0 Å². The molecule has 9 aromatic carbocycles. The fraction of sp³-hybridized carbons (Fsp3) is 0.143. The minimum atomic E-state index is -3.24. The summed E-state index contributed by atoms with van der Waals surface area (Å²) in [5.74, 6) is 1.56. The molecule has 392 valence electrons. The van der Waals surface area contributed by atoms with Crippen molar-refractivity contribution in [1.82, 2.24) is 0 Å². The molecule has 0 saturated heterocycles. The lowest BCUT2D eigenvalue weighted by Gasteiger charge is -2.25. The SMILES string of the molecule is CCCCCCOc1cc(/C=C/c2ccc(N(c3ccccc3)c3ccccc3)cc2)c(OCCN(C)c2ccc(/C=C/c3ccc(S(C)(=O)=O)cc3)cc2)cc1/C=C/c1ccc(N(c2ccccc2)c2ccccc2)cc1. The van der Waals surface area contributed by atoms with Crippen LogP contribution in [0, 0.1) is 0 Å². The normalized spacial score (nSPS) is 11.6. The maximum Gasteiger partial charge on any atom is 0.175 e. The Kier molecular flexibility index (Phi) is 18.5. The second-order valence-corrected chi connectivity index (χ2v) is 21.3. The number of hydrogen-bond donors (Lipinski definition) is 0. The number of unbranched alkanes of at least 4 members (excludes halogenated alkanes) is 3. The molecule has 0 spiro atoms. The van der Waals surface area contributed by atoms with Crippen LogP contribution in [-0.4, -0.2) is 41.5 Å². The second-order valence-electron chi connectivity index (χ2n) is 19.2. The smallest absolute Gasteiger partial charge is 0.175 e. The van der Waals surface area contributed by atoms with Crippen LogP contribution in [0.3, 0.4) is 0 Å². The Morgan fingerprint density at radius 2 is 0.718 bits per heavy atom. The minimum absolute atomic E-state index is 0.310.